The molecule has 0 bridgehead atoms. The number of hydrazine groups is 1. The largest absolute Gasteiger partial charge is 0.271 e. The van der Waals surface area contributed by atoms with Gasteiger partial charge in [0.25, 0.3) is 0 Å². The molecule has 0 fully saturated rings. The molecule has 1 aromatic carbocycles. The third-order valence-corrected chi connectivity index (χ3v) is 3.45. The first-order valence-corrected chi connectivity index (χ1v) is 6.39. The molecule has 3 N–H and O–H groups in total. The second kappa shape index (κ2) is 6.88. The third-order valence-electron chi connectivity index (χ3n) is 2.19. The molecule has 2 nitrogen and oxygen atoms in total. The second-order valence-corrected chi connectivity index (χ2v) is 5.54. The van der Waals surface area contributed by atoms with E-state index in [2.05, 4.69) is 43.5 Å². The molecular weight excluding hydrogens is 204 g/mol. The summed E-state index contributed by atoms with van der Waals surface area (Å²) in [5, 5.41) is 0.664. The molecule has 1 unspecified atom stereocenters. The van der Waals surface area contributed by atoms with Crippen LogP contribution in [0.2, 0.25) is 0 Å². The Kier molecular flexibility index (Phi) is 5.76. The molecule has 0 aliphatic heterocycles. The van der Waals surface area contributed by atoms with Crippen molar-refractivity contribution >= 4 is 11.8 Å². The van der Waals surface area contributed by atoms with Crippen LogP contribution < -0.4 is 11.3 Å². The lowest BCUT2D eigenvalue weighted by atomic mass is 10.1. The molecular formula is C12H20N2S. The number of benzene rings is 1. The van der Waals surface area contributed by atoms with Gasteiger partial charge in [-0.15, -0.1) is 0 Å². The highest BCUT2D eigenvalue weighted by Crippen LogP contribution is 2.13. The Hall–Kier alpha value is -0.510. The normalized spacial score (nSPS) is 13.1. The van der Waals surface area contributed by atoms with Gasteiger partial charge < -0.3 is 0 Å². The van der Waals surface area contributed by atoms with Crippen LogP contribution in [0.4, 0.5) is 0 Å². The predicted molar refractivity (Wildman–Crippen MR) is 68.9 cm³/mol. The summed E-state index contributed by atoms with van der Waals surface area (Å²) in [5.74, 6) is 6.60. The van der Waals surface area contributed by atoms with E-state index in [4.69, 9.17) is 5.84 Å². The number of thioether (sulfide) groups is 1. The fraction of sp³-hybridized carbons (Fsp3) is 0.500. The van der Waals surface area contributed by atoms with Crippen molar-refractivity contribution in [2.24, 2.45) is 5.84 Å². The van der Waals surface area contributed by atoms with E-state index in [0.717, 1.165) is 12.2 Å². The van der Waals surface area contributed by atoms with Crippen LogP contribution in [-0.2, 0) is 6.42 Å². The zero-order chi connectivity index (χ0) is 11.1. The Morgan fingerprint density at radius 2 is 1.93 bits per heavy atom. The van der Waals surface area contributed by atoms with Crippen molar-refractivity contribution < 1.29 is 0 Å². The minimum absolute atomic E-state index is 0.361. The number of nitrogens with two attached hydrogens (primary N) is 1. The topological polar surface area (TPSA) is 38.0 Å². The third kappa shape index (κ3) is 5.21. The van der Waals surface area contributed by atoms with Gasteiger partial charge in [0.05, 0.1) is 0 Å². The zero-order valence-electron chi connectivity index (χ0n) is 9.44. The van der Waals surface area contributed by atoms with Crippen molar-refractivity contribution in [2.75, 3.05) is 5.75 Å². The molecule has 0 amide bonds. The number of hydrogen-bond donors (Lipinski definition) is 2. The molecule has 0 radical (unpaired) electrons. The fourth-order valence-electron chi connectivity index (χ4n) is 1.37. The molecule has 1 rings (SSSR count). The zero-order valence-corrected chi connectivity index (χ0v) is 10.3. The summed E-state index contributed by atoms with van der Waals surface area (Å²) in [6.45, 7) is 4.42. The van der Waals surface area contributed by atoms with E-state index in [-0.39, 0.29) is 0 Å². The molecule has 3 heteroatoms. The molecule has 0 aliphatic carbocycles. The maximum atomic E-state index is 5.54. The standard InChI is InChI=1S/C12H20N2S/c1-10(2)15-9-12(14-13)8-11-6-4-3-5-7-11/h3-7,10,12,14H,8-9,13H2,1-2H3. The van der Waals surface area contributed by atoms with Crippen molar-refractivity contribution in [1.29, 1.82) is 0 Å². The highest BCUT2D eigenvalue weighted by atomic mass is 32.2. The SMILES string of the molecule is CC(C)SCC(Cc1ccccc1)NN. The quantitative estimate of drug-likeness (QED) is 0.575. The van der Waals surface area contributed by atoms with Crippen molar-refractivity contribution in [3.63, 3.8) is 0 Å². The highest BCUT2D eigenvalue weighted by molar-refractivity contribution is 7.99. The molecule has 0 aromatic heterocycles. The van der Waals surface area contributed by atoms with Gasteiger partial charge in [0.2, 0.25) is 0 Å². The molecule has 1 aromatic rings. The first-order valence-electron chi connectivity index (χ1n) is 5.34. The molecule has 0 spiro atoms. The molecule has 84 valence electrons. The minimum Gasteiger partial charge on any atom is -0.271 e. The van der Waals surface area contributed by atoms with Crippen LogP contribution in [0.5, 0.6) is 0 Å². The van der Waals surface area contributed by atoms with Crippen LogP contribution in [-0.4, -0.2) is 17.0 Å². The van der Waals surface area contributed by atoms with Gasteiger partial charge in [-0.05, 0) is 17.2 Å². The first kappa shape index (κ1) is 12.6. The van der Waals surface area contributed by atoms with E-state index in [0.29, 0.717) is 11.3 Å². The highest BCUT2D eigenvalue weighted by Gasteiger charge is 2.08. The van der Waals surface area contributed by atoms with Gasteiger partial charge in [-0.3, -0.25) is 11.3 Å². The van der Waals surface area contributed by atoms with Crippen molar-refractivity contribution in [3.05, 3.63) is 35.9 Å². The summed E-state index contributed by atoms with van der Waals surface area (Å²) in [4.78, 5) is 0. The Labute approximate surface area is 96.6 Å². The van der Waals surface area contributed by atoms with Gasteiger partial charge in [0, 0.05) is 11.8 Å². The molecule has 0 heterocycles. The molecule has 1 atom stereocenters. The van der Waals surface area contributed by atoms with Crippen LogP contribution in [0.25, 0.3) is 0 Å². The maximum Gasteiger partial charge on any atom is 0.0341 e. The Balaban J connectivity index is 2.40. The van der Waals surface area contributed by atoms with Gasteiger partial charge >= 0.3 is 0 Å². The summed E-state index contributed by atoms with van der Waals surface area (Å²) < 4.78 is 0. The molecule has 15 heavy (non-hydrogen) atoms. The summed E-state index contributed by atoms with van der Waals surface area (Å²) in [5.41, 5.74) is 4.22. The van der Waals surface area contributed by atoms with E-state index < -0.39 is 0 Å². The van der Waals surface area contributed by atoms with Crippen molar-refractivity contribution in [2.45, 2.75) is 31.6 Å². The van der Waals surface area contributed by atoms with Crippen LogP contribution in [0, 0.1) is 0 Å². The minimum atomic E-state index is 0.361. The lowest BCUT2D eigenvalue weighted by Crippen LogP contribution is -2.39. The summed E-state index contributed by atoms with van der Waals surface area (Å²) in [6, 6.07) is 10.8. The van der Waals surface area contributed by atoms with Crippen LogP contribution in [0.1, 0.15) is 19.4 Å². The van der Waals surface area contributed by atoms with E-state index in [1.807, 2.05) is 17.8 Å². The Morgan fingerprint density at radius 1 is 1.27 bits per heavy atom. The van der Waals surface area contributed by atoms with Gasteiger partial charge in [-0.2, -0.15) is 11.8 Å². The summed E-state index contributed by atoms with van der Waals surface area (Å²) in [6.07, 6.45) is 0.997. The van der Waals surface area contributed by atoms with Gasteiger partial charge in [0.15, 0.2) is 0 Å². The Morgan fingerprint density at radius 3 is 2.47 bits per heavy atom. The Bertz CT molecular complexity index is 262. The molecule has 0 saturated carbocycles. The van der Waals surface area contributed by atoms with Crippen LogP contribution >= 0.6 is 11.8 Å². The molecule has 0 aliphatic rings. The second-order valence-electron chi connectivity index (χ2n) is 3.94. The van der Waals surface area contributed by atoms with E-state index in [1.165, 1.54) is 5.56 Å². The number of nitrogens with one attached hydrogen (secondary N) is 1. The lowest BCUT2D eigenvalue weighted by molar-refractivity contribution is 0.575. The van der Waals surface area contributed by atoms with E-state index in [1.54, 1.807) is 0 Å². The van der Waals surface area contributed by atoms with Gasteiger partial charge in [-0.1, -0.05) is 44.2 Å². The lowest BCUT2D eigenvalue weighted by Gasteiger charge is -2.16. The monoisotopic (exact) mass is 224 g/mol. The number of hydrogen-bond acceptors (Lipinski definition) is 3. The average Bonchev–Trinajstić information content (AvgIpc) is 2.25. The first-order chi connectivity index (χ1) is 7.22. The smallest absolute Gasteiger partial charge is 0.0341 e. The van der Waals surface area contributed by atoms with Gasteiger partial charge in [-0.25, -0.2) is 0 Å². The van der Waals surface area contributed by atoms with E-state index in [9.17, 15) is 0 Å². The summed E-state index contributed by atoms with van der Waals surface area (Å²) in [7, 11) is 0. The maximum absolute atomic E-state index is 5.54. The van der Waals surface area contributed by atoms with Crippen LogP contribution in [0.3, 0.4) is 0 Å². The fourth-order valence-corrected chi connectivity index (χ4v) is 2.20. The molecule has 0 saturated heterocycles. The van der Waals surface area contributed by atoms with Gasteiger partial charge in [0.1, 0.15) is 0 Å². The van der Waals surface area contributed by atoms with E-state index >= 15 is 0 Å². The van der Waals surface area contributed by atoms with Crippen molar-refractivity contribution in [3.8, 4) is 0 Å². The predicted octanol–water partition coefficient (Wildman–Crippen LogP) is 2.20. The van der Waals surface area contributed by atoms with Crippen molar-refractivity contribution in [1.82, 2.24) is 5.43 Å². The van der Waals surface area contributed by atoms with Crippen LogP contribution in [0.15, 0.2) is 30.3 Å². The number of rotatable bonds is 6. The average molecular weight is 224 g/mol. The summed E-state index contributed by atoms with van der Waals surface area (Å²) >= 11 is 1.94.